The number of benzene rings is 2. The average Bonchev–Trinajstić information content (AvgIpc) is 2.84. The summed E-state index contributed by atoms with van der Waals surface area (Å²) in [5, 5.41) is 6.09. The van der Waals surface area contributed by atoms with Gasteiger partial charge in [0.2, 0.25) is 5.91 Å². The molecular formula is C26H32FN3O2. The highest BCUT2D eigenvalue weighted by atomic mass is 19.1. The van der Waals surface area contributed by atoms with Crippen LogP contribution in [0.15, 0.2) is 54.6 Å². The molecule has 1 aliphatic heterocycles. The standard InChI is InChI=1S/C26H32FN3O2/c27-23-14-8-7-11-20(23)17-28-25(31)21-15-16-24(19-9-3-1-4-10-19)30(18-21)26(32)29-22-12-5-2-6-13-22/h1,3-4,7-11,14,21-22,24H,2,5-6,12-13,15-18H2,(H,28,31)(H,29,32)/t21-,24+/m0/s1. The predicted octanol–water partition coefficient (Wildman–Crippen LogP) is 4.94. The van der Waals surface area contributed by atoms with Crippen LogP contribution < -0.4 is 10.6 Å². The lowest BCUT2D eigenvalue weighted by molar-refractivity contribution is -0.127. The summed E-state index contributed by atoms with van der Waals surface area (Å²) < 4.78 is 13.9. The third-order valence-corrected chi connectivity index (χ3v) is 6.74. The third kappa shape index (κ3) is 5.47. The fraction of sp³-hybridized carbons (Fsp3) is 0.462. The lowest BCUT2D eigenvalue weighted by Gasteiger charge is -2.40. The number of nitrogens with one attached hydrogen (secondary N) is 2. The van der Waals surface area contributed by atoms with Gasteiger partial charge >= 0.3 is 6.03 Å². The number of hydrogen-bond donors (Lipinski definition) is 2. The maximum atomic E-state index is 13.9. The molecule has 0 spiro atoms. The van der Waals surface area contributed by atoms with Gasteiger partial charge in [0.1, 0.15) is 5.82 Å². The first-order chi connectivity index (χ1) is 15.6. The van der Waals surface area contributed by atoms with Crippen molar-refractivity contribution in [2.24, 2.45) is 5.92 Å². The average molecular weight is 438 g/mol. The number of nitrogens with zero attached hydrogens (tertiary/aromatic N) is 1. The fourth-order valence-electron chi connectivity index (χ4n) is 4.90. The number of carbonyl (C=O) groups is 2. The second-order valence-corrected chi connectivity index (χ2v) is 8.95. The molecular weight excluding hydrogens is 405 g/mol. The van der Waals surface area contributed by atoms with Gasteiger partial charge in [0.05, 0.1) is 12.0 Å². The first-order valence-electron chi connectivity index (χ1n) is 11.7. The monoisotopic (exact) mass is 437 g/mol. The first-order valence-corrected chi connectivity index (χ1v) is 11.7. The number of urea groups is 1. The van der Waals surface area contributed by atoms with Crippen molar-refractivity contribution in [1.29, 1.82) is 0 Å². The first kappa shape index (κ1) is 22.3. The molecule has 3 amide bonds. The molecule has 2 N–H and O–H groups in total. The molecule has 32 heavy (non-hydrogen) atoms. The van der Waals surface area contributed by atoms with Gasteiger partial charge in [0.15, 0.2) is 0 Å². The Hall–Kier alpha value is -2.89. The molecule has 4 rings (SSSR count). The molecule has 0 bridgehead atoms. The van der Waals surface area contributed by atoms with Crippen molar-refractivity contribution in [2.45, 2.75) is 63.6 Å². The molecule has 0 radical (unpaired) electrons. The van der Waals surface area contributed by atoms with Crippen molar-refractivity contribution in [3.05, 3.63) is 71.5 Å². The maximum absolute atomic E-state index is 13.9. The zero-order chi connectivity index (χ0) is 22.3. The summed E-state index contributed by atoms with van der Waals surface area (Å²) in [6.45, 7) is 0.514. The van der Waals surface area contributed by atoms with E-state index in [0.717, 1.165) is 37.7 Å². The Labute approximate surface area is 189 Å². The molecule has 2 aromatic rings. The topological polar surface area (TPSA) is 61.4 Å². The highest BCUT2D eigenvalue weighted by Crippen LogP contribution is 2.34. The van der Waals surface area contributed by atoms with Gasteiger partial charge in [-0.25, -0.2) is 9.18 Å². The van der Waals surface area contributed by atoms with E-state index in [1.54, 1.807) is 18.2 Å². The van der Waals surface area contributed by atoms with Crippen LogP contribution in [0.1, 0.15) is 62.1 Å². The quantitative estimate of drug-likeness (QED) is 0.696. The molecule has 1 aliphatic carbocycles. The minimum Gasteiger partial charge on any atom is -0.352 e. The second kappa shape index (κ2) is 10.6. The van der Waals surface area contributed by atoms with E-state index in [1.165, 1.54) is 12.5 Å². The van der Waals surface area contributed by atoms with Crippen molar-refractivity contribution >= 4 is 11.9 Å². The fourth-order valence-corrected chi connectivity index (χ4v) is 4.90. The van der Waals surface area contributed by atoms with E-state index in [1.807, 2.05) is 35.2 Å². The van der Waals surface area contributed by atoms with Gasteiger partial charge in [0.25, 0.3) is 0 Å². The summed E-state index contributed by atoms with van der Waals surface area (Å²) >= 11 is 0. The Kier molecular flexibility index (Phi) is 7.40. The molecule has 2 aliphatic rings. The van der Waals surface area contributed by atoms with Gasteiger partial charge < -0.3 is 15.5 Å². The summed E-state index contributed by atoms with van der Waals surface area (Å²) in [5.74, 6) is -0.761. The van der Waals surface area contributed by atoms with Crippen LogP contribution >= 0.6 is 0 Å². The van der Waals surface area contributed by atoms with Gasteiger partial charge in [0, 0.05) is 24.7 Å². The number of carbonyl (C=O) groups excluding carboxylic acids is 2. The maximum Gasteiger partial charge on any atom is 0.318 e. The molecule has 0 unspecified atom stereocenters. The Morgan fingerprint density at radius 3 is 2.38 bits per heavy atom. The number of hydrogen-bond acceptors (Lipinski definition) is 2. The number of rotatable bonds is 5. The predicted molar refractivity (Wildman–Crippen MR) is 122 cm³/mol. The number of piperidine rings is 1. The van der Waals surface area contributed by atoms with E-state index in [0.29, 0.717) is 18.5 Å². The highest BCUT2D eigenvalue weighted by Gasteiger charge is 2.36. The van der Waals surface area contributed by atoms with Crippen molar-refractivity contribution in [2.75, 3.05) is 6.54 Å². The highest BCUT2D eigenvalue weighted by molar-refractivity contribution is 5.81. The molecule has 1 heterocycles. The summed E-state index contributed by atoms with van der Waals surface area (Å²) in [5.41, 5.74) is 1.56. The zero-order valence-electron chi connectivity index (χ0n) is 18.4. The SMILES string of the molecule is O=C(NCc1ccccc1F)[C@H]1CC[C@H](c2ccccc2)N(C(=O)NC2CCCCC2)C1. The van der Waals surface area contributed by atoms with Gasteiger partial charge in [-0.15, -0.1) is 0 Å². The number of halogens is 1. The molecule has 6 heteroatoms. The van der Waals surface area contributed by atoms with Gasteiger partial charge in [-0.1, -0.05) is 67.8 Å². The van der Waals surface area contributed by atoms with Crippen molar-refractivity contribution in [3.8, 4) is 0 Å². The minimum atomic E-state index is -0.325. The minimum absolute atomic E-state index is 0.0459. The molecule has 1 saturated carbocycles. The van der Waals surface area contributed by atoms with Crippen LogP contribution in [0.3, 0.4) is 0 Å². The van der Waals surface area contributed by atoms with Crippen LogP contribution in [0, 0.1) is 11.7 Å². The van der Waals surface area contributed by atoms with Gasteiger partial charge in [-0.3, -0.25) is 4.79 Å². The van der Waals surface area contributed by atoms with Crippen LogP contribution in [0.5, 0.6) is 0 Å². The molecule has 1 saturated heterocycles. The normalized spacial score (nSPS) is 21.7. The van der Waals surface area contributed by atoms with Crippen LogP contribution in [0.4, 0.5) is 9.18 Å². The Balaban J connectivity index is 1.44. The van der Waals surface area contributed by atoms with E-state index < -0.39 is 0 Å². The Morgan fingerprint density at radius 1 is 0.906 bits per heavy atom. The molecule has 5 nitrogen and oxygen atoms in total. The molecule has 0 aromatic heterocycles. The van der Waals surface area contributed by atoms with E-state index >= 15 is 0 Å². The lowest BCUT2D eigenvalue weighted by atomic mass is 9.88. The summed E-state index contributed by atoms with van der Waals surface area (Å²) in [4.78, 5) is 28.0. The van der Waals surface area contributed by atoms with E-state index in [2.05, 4.69) is 10.6 Å². The Bertz CT molecular complexity index is 914. The summed E-state index contributed by atoms with van der Waals surface area (Å²) in [6.07, 6.45) is 6.97. The molecule has 170 valence electrons. The van der Waals surface area contributed by atoms with Crippen LogP contribution in [0.2, 0.25) is 0 Å². The summed E-state index contributed by atoms with van der Waals surface area (Å²) in [7, 11) is 0. The van der Waals surface area contributed by atoms with Crippen LogP contribution in [-0.2, 0) is 11.3 Å². The largest absolute Gasteiger partial charge is 0.352 e. The van der Waals surface area contributed by atoms with Crippen LogP contribution in [0.25, 0.3) is 0 Å². The lowest BCUT2D eigenvalue weighted by Crippen LogP contribution is -2.52. The van der Waals surface area contributed by atoms with Gasteiger partial charge in [-0.2, -0.15) is 0 Å². The molecule has 2 fully saturated rings. The zero-order valence-corrected chi connectivity index (χ0v) is 18.4. The van der Waals surface area contributed by atoms with Crippen LogP contribution in [-0.4, -0.2) is 29.4 Å². The van der Waals surface area contributed by atoms with Crippen molar-refractivity contribution in [1.82, 2.24) is 15.5 Å². The molecule has 2 aromatic carbocycles. The van der Waals surface area contributed by atoms with E-state index in [-0.39, 0.29) is 42.3 Å². The number of amides is 3. The number of likely N-dealkylation sites (tertiary alicyclic amines) is 1. The van der Waals surface area contributed by atoms with Gasteiger partial charge in [-0.05, 0) is 37.3 Å². The Morgan fingerprint density at radius 2 is 1.62 bits per heavy atom. The van der Waals surface area contributed by atoms with Crippen molar-refractivity contribution in [3.63, 3.8) is 0 Å². The summed E-state index contributed by atoms with van der Waals surface area (Å²) in [6, 6.07) is 16.6. The van der Waals surface area contributed by atoms with Crippen molar-refractivity contribution < 1.29 is 14.0 Å². The second-order valence-electron chi connectivity index (χ2n) is 8.95. The molecule has 2 atom stereocenters. The van der Waals surface area contributed by atoms with E-state index in [4.69, 9.17) is 0 Å². The van der Waals surface area contributed by atoms with E-state index in [9.17, 15) is 14.0 Å². The third-order valence-electron chi connectivity index (χ3n) is 6.74. The smallest absolute Gasteiger partial charge is 0.318 e.